The number of allylic oxidation sites excluding steroid dienone is 1. The van der Waals surface area contributed by atoms with Crippen LogP contribution in [0.15, 0.2) is 41.9 Å². The topological polar surface area (TPSA) is 34.1 Å². The Kier molecular flexibility index (Phi) is 12.4. The maximum absolute atomic E-state index is 4.43. The number of nitrogens with one attached hydrogen (secondary N) is 1. The average Bonchev–Trinajstić information content (AvgIpc) is 2.70. The lowest BCUT2D eigenvalue weighted by molar-refractivity contribution is 0.131. The molecule has 158 valence electrons. The monoisotopic (exact) mass is 499 g/mol. The molecule has 5 nitrogen and oxygen atoms in total. The van der Waals surface area contributed by atoms with Crippen LogP contribution in [-0.2, 0) is 13.1 Å². The number of piperazine rings is 1. The molecule has 0 aromatic heterocycles. The van der Waals surface area contributed by atoms with Crippen molar-refractivity contribution in [2.45, 2.75) is 32.9 Å². The van der Waals surface area contributed by atoms with Crippen molar-refractivity contribution in [2.75, 3.05) is 53.4 Å². The van der Waals surface area contributed by atoms with Crippen LogP contribution in [0.2, 0.25) is 0 Å². The van der Waals surface area contributed by atoms with Crippen molar-refractivity contribution in [1.29, 1.82) is 0 Å². The van der Waals surface area contributed by atoms with Crippen LogP contribution in [0.3, 0.4) is 0 Å². The predicted octanol–water partition coefficient (Wildman–Crippen LogP) is 3.42. The summed E-state index contributed by atoms with van der Waals surface area (Å²) >= 11 is 0. The van der Waals surface area contributed by atoms with Gasteiger partial charge in [0.05, 0.1) is 0 Å². The third kappa shape index (κ3) is 8.09. The number of unbranched alkanes of at least 4 members (excludes halogenated alkanes) is 1. The number of guanidine groups is 1. The van der Waals surface area contributed by atoms with Crippen LogP contribution in [-0.4, -0.2) is 74.0 Å². The number of hydrogen-bond donors (Lipinski definition) is 1. The van der Waals surface area contributed by atoms with Gasteiger partial charge in [0.2, 0.25) is 0 Å². The molecule has 2 rings (SSSR count). The third-order valence-electron chi connectivity index (χ3n) is 5.34. The number of rotatable bonds is 9. The smallest absolute Gasteiger partial charge is 0.193 e. The molecular weight excluding hydrogens is 461 g/mol. The summed E-state index contributed by atoms with van der Waals surface area (Å²) in [6.45, 7) is 14.7. The first kappa shape index (κ1) is 24.9. The van der Waals surface area contributed by atoms with E-state index in [0.29, 0.717) is 0 Å². The van der Waals surface area contributed by atoms with Gasteiger partial charge in [0, 0.05) is 59.9 Å². The van der Waals surface area contributed by atoms with Gasteiger partial charge in [0.15, 0.2) is 5.96 Å². The van der Waals surface area contributed by atoms with Crippen molar-refractivity contribution in [3.63, 3.8) is 0 Å². The van der Waals surface area contributed by atoms with E-state index < -0.39 is 0 Å². The van der Waals surface area contributed by atoms with Crippen molar-refractivity contribution in [3.8, 4) is 0 Å². The number of halogens is 1. The Bertz CT molecular complexity index is 596. The number of nitrogens with zero attached hydrogens (tertiary/aromatic N) is 4. The van der Waals surface area contributed by atoms with Crippen LogP contribution in [0.25, 0.3) is 0 Å². The summed E-state index contributed by atoms with van der Waals surface area (Å²) in [4.78, 5) is 11.7. The fourth-order valence-electron chi connectivity index (χ4n) is 3.53. The largest absolute Gasteiger partial charge is 0.352 e. The number of benzene rings is 1. The summed E-state index contributed by atoms with van der Waals surface area (Å²) in [5, 5.41) is 3.53. The highest BCUT2D eigenvalue weighted by Gasteiger charge is 2.16. The quantitative estimate of drug-likeness (QED) is 0.186. The minimum atomic E-state index is 0. The minimum absolute atomic E-state index is 0. The molecule has 1 aliphatic rings. The van der Waals surface area contributed by atoms with E-state index in [0.717, 1.165) is 58.1 Å². The predicted molar refractivity (Wildman–Crippen MR) is 132 cm³/mol. The molecule has 1 aromatic rings. The van der Waals surface area contributed by atoms with Crippen LogP contribution in [0.4, 0.5) is 0 Å². The van der Waals surface area contributed by atoms with E-state index >= 15 is 0 Å². The van der Waals surface area contributed by atoms with Gasteiger partial charge in [-0.15, -0.1) is 30.6 Å². The van der Waals surface area contributed by atoms with Crippen LogP contribution in [0.5, 0.6) is 0 Å². The van der Waals surface area contributed by atoms with Gasteiger partial charge in [0.25, 0.3) is 0 Å². The lowest BCUT2D eigenvalue weighted by Gasteiger charge is -2.34. The first-order chi connectivity index (χ1) is 13.2. The summed E-state index contributed by atoms with van der Waals surface area (Å²) in [6, 6.07) is 8.78. The second-order valence-corrected chi connectivity index (χ2v) is 7.23. The van der Waals surface area contributed by atoms with Gasteiger partial charge in [-0.2, -0.15) is 0 Å². The average molecular weight is 499 g/mol. The molecule has 1 N–H and O–H groups in total. The molecule has 0 bridgehead atoms. The van der Waals surface area contributed by atoms with Gasteiger partial charge in [-0.05, 0) is 30.5 Å². The highest BCUT2D eigenvalue weighted by Crippen LogP contribution is 2.14. The Morgan fingerprint density at radius 1 is 1.18 bits per heavy atom. The van der Waals surface area contributed by atoms with E-state index in [1.807, 2.05) is 13.1 Å². The van der Waals surface area contributed by atoms with Gasteiger partial charge in [-0.3, -0.25) is 9.89 Å². The Morgan fingerprint density at radius 3 is 2.43 bits per heavy atom. The fourth-order valence-corrected chi connectivity index (χ4v) is 3.53. The van der Waals surface area contributed by atoms with Crippen molar-refractivity contribution < 1.29 is 0 Å². The first-order valence-electron chi connectivity index (χ1n) is 10.2. The molecule has 1 aromatic carbocycles. The molecule has 0 spiro atoms. The summed E-state index contributed by atoms with van der Waals surface area (Å²) in [5.74, 6) is 0.949. The van der Waals surface area contributed by atoms with Gasteiger partial charge in [0.1, 0.15) is 0 Å². The van der Waals surface area contributed by atoms with Crippen LogP contribution < -0.4 is 5.32 Å². The van der Waals surface area contributed by atoms with E-state index in [1.165, 1.54) is 24.2 Å². The van der Waals surface area contributed by atoms with Gasteiger partial charge < -0.3 is 15.1 Å². The van der Waals surface area contributed by atoms with Crippen LogP contribution >= 0.6 is 24.0 Å². The zero-order valence-corrected chi connectivity index (χ0v) is 20.2. The molecule has 1 fully saturated rings. The van der Waals surface area contributed by atoms with Crippen molar-refractivity contribution >= 4 is 29.9 Å². The first-order valence-corrected chi connectivity index (χ1v) is 10.2. The summed E-state index contributed by atoms with van der Waals surface area (Å²) < 4.78 is 0. The molecule has 0 aliphatic carbocycles. The molecule has 1 saturated heterocycles. The SMILES string of the molecule is C=CCCCN(C)C(=NC)NCc1ccccc1CN1CCN(CC)CC1.I. The molecule has 0 amide bonds. The summed E-state index contributed by atoms with van der Waals surface area (Å²) in [6.07, 6.45) is 4.11. The Balaban J connectivity index is 0.00000392. The highest BCUT2D eigenvalue weighted by molar-refractivity contribution is 14.0. The van der Waals surface area contributed by atoms with E-state index in [-0.39, 0.29) is 24.0 Å². The molecule has 6 heteroatoms. The molecule has 28 heavy (non-hydrogen) atoms. The lowest BCUT2D eigenvalue weighted by Crippen LogP contribution is -2.45. The minimum Gasteiger partial charge on any atom is -0.352 e. The number of hydrogen-bond acceptors (Lipinski definition) is 3. The van der Waals surface area contributed by atoms with E-state index in [4.69, 9.17) is 0 Å². The zero-order chi connectivity index (χ0) is 19.5. The molecule has 1 aliphatic heterocycles. The van der Waals surface area contributed by atoms with Gasteiger partial charge in [-0.1, -0.05) is 37.3 Å². The highest BCUT2D eigenvalue weighted by atomic mass is 127. The normalized spacial score (nSPS) is 15.8. The number of aliphatic imine (C=N–C) groups is 1. The summed E-state index contributed by atoms with van der Waals surface area (Å²) in [7, 11) is 3.95. The molecule has 0 atom stereocenters. The zero-order valence-electron chi connectivity index (χ0n) is 17.9. The Morgan fingerprint density at radius 2 is 1.82 bits per heavy atom. The Hall–Kier alpha value is -1.12. The van der Waals surface area contributed by atoms with Gasteiger partial charge in [-0.25, -0.2) is 0 Å². The molecular formula is C22H38IN5. The molecule has 0 saturated carbocycles. The van der Waals surface area contributed by atoms with E-state index in [9.17, 15) is 0 Å². The fraction of sp³-hybridized carbons (Fsp3) is 0.591. The summed E-state index contributed by atoms with van der Waals surface area (Å²) in [5.41, 5.74) is 2.77. The number of likely N-dealkylation sites (N-methyl/N-ethyl adjacent to an activating group) is 1. The standard InChI is InChI=1S/C22H37N5.HI/c1-5-7-10-13-25(4)22(23-3)24-18-20-11-8-9-12-21(20)19-27-16-14-26(6-2)15-17-27;/h5,8-9,11-12H,1,6-7,10,13-19H2,2-4H3,(H,23,24);1H. The van der Waals surface area contributed by atoms with Crippen LogP contribution in [0.1, 0.15) is 30.9 Å². The second-order valence-electron chi connectivity index (χ2n) is 7.23. The molecule has 0 radical (unpaired) electrons. The second kappa shape index (κ2) is 14.0. The van der Waals surface area contributed by atoms with Crippen molar-refractivity contribution in [1.82, 2.24) is 20.0 Å². The molecule has 0 unspecified atom stereocenters. The molecule has 1 heterocycles. The Labute approximate surface area is 188 Å². The van der Waals surface area contributed by atoms with E-state index in [1.54, 1.807) is 0 Å². The lowest BCUT2D eigenvalue weighted by atomic mass is 10.1. The maximum atomic E-state index is 4.43. The van der Waals surface area contributed by atoms with Crippen molar-refractivity contribution in [3.05, 3.63) is 48.0 Å². The van der Waals surface area contributed by atoms with Gasteiger partial charge >= 0.3 is 0 Å². The van der Waals surface area contributed by atoms with Crippen molar-refractivity contribution in [2.24, 2.45) is 4.99 Å². The van der Waals surface area contributed by atoms with Crippen LogP contribution in [0, 0.1) is 0 Å². The van der Waals surface area contributed by atoms with E-state index in [2.05, 4.69) is 69.8 Å². The third-order valence-corrected chi connectivity index (χ3v) is 5.34. The maximum Gasteiger partial charge on any atom is 0.193 e.